The second-order valence-corrected chi connectivity index (χ2v) is 5.74. The van der Waals surface area contributed by atoms with E-state index in [4.69, 9.17) is 0 Å². The monoisotopic (exact) mass is 300 g/mol. The smallest absolute Gasteiger partial charge is 0.290 e. The maximum absolute atomic E-state index is 11.6. The number of benzene rings is 1. The predicted molar refractivity (Wildman–Crippen MR) is 83.0 cm³/mol. The van der Waals surface area contributed by atoms with Crippen LogP contribution >= 0.6 is 11.8 Å². The molecule has 21 heavy (non-hydrogen) atoms. The van der Waals surface area contributed by atoms with Crippen molar-refractivity contribution in [3.63, 3.8) is 0 Å². The Morgan fingerprint density at radius 1 is 1.24 bits per heavy atom. The van der Waals surface area contributed by atoms with Crippen LogP contribution in [0.3, 0.4) is 0 Å². The third-order valence-corrected chi connectivity index (χ3v) is 3.81. The first-order valence-corrected chi connectivity index (χ1v) is 7.03. The fraction of sp³-hybridized carbons (Fsp3) is 0.143. The average molecular weight is 300 g/mol. The van der Waals surface area contributed by atoms with Crippen molar-refractivity contribution in [1.82, 2.24) is 15.3 Å². The number of nitrogens with one attached hydrogen (secondary N) is 1. The van der Waals surface area contributed by atoms with Crippen molar-refractivity contribution >= 4 is 45.7 Å². The van der Waals surface area contributed by atoms with Crippen LogP contribution in [-0.2, 0) is 4.79 Å². The Kier molecular flexibility index (Phi) is 3.34. The first-order chi connectivity index (χ1) is 10.0. The van der Waals surface area contributed by atoms with Gasteiger partial charge in [0.05, 0.1) is 10.4 Å². The van der Waals surface area contributed by atoms with Gasteiger partial charge in [-0.25, -0.2) is 9.97 Å². The van der Waals surface area contributed by atoms with Crippen LogP contribution in [0.25, 0.3) is 17.0 Å². The van der Waals surface area contributed by atoms with E-state index in [1.54, 1.807) is 6.08 Å². The fourth-order valence-corrected chi connectivity index (χ4v) is 2.76. The summed E-state index contributed by atoms with van der Waals surface area (Å²) in [5.41, 5.74) is 1.66. The van der Waals surface area contributed by atoms with Crippen molar-refractivity contribution in [2.75, 3.05) is 19.0 Å². The molecule has 106 valence electrons. The number of rotatable bonds is 2. The van der Waals surface area contributed by atoms with Crippen LogP contribution in [0.15, 0.2) is 29.4 Å². The molecule has 1 aromatic carbocycles. The number of nitrogens with zero attached hydrogens (tertiary/aromatic N) is 3. The highest BCUT2D eigenvalue weighted by atomic mass is 32.2. The van der Waals surface area contributed by atoms with Crippen LogP contribution < -0.4 is 10.2 Å². The van der Waals surface area contributed by atoms with Crippen LogP contribution in [0.1, 0.15) is 5.56 Å². The average Bonchev–Trinajstić information content (AvgIpc) is 2.76. The highest BCUT2D eigenvalue weighted by Crippen LogP contribution is 2.28. The molecule has 7 heteroatoms. The number of hydrogen-bond acceptors (Lipinski definition) is 6. The summed E-state index contributed by atoms with van der Waals surface area (Å²) >= 11 is 0.904. The molecule has 3 rings (SSSR count). The lowest BCUT2D eigenvalue weighted by Gasteiger charge is -2.13. The summed E-state index contributed by atoms with van der Waals surface area (Å²) in [6, 6.07) is 5.64. The summed E-state index contributed by atoms with van der Waals surface area (Å²) < 4.78 is 0. The van der Waals surface area contributed by atoms with Gasteiger partial charge >= 0.3 is 0 Å². The Bertz CT molecular complexity index is 786. The molecule has 2 amide bonds. The molecule has 0 bridgehead atoms. The first kappa shape index (κ1) is 13.6. The molecular formula is C14H12N4O2S. The normalized spacial score (nSPS) is 16.6. The molecule has 1 saturated heterocycles. The van der Waals surface area contributed by atoms with E-state index in [0.29, 0.717) is 4.91 Å². The minimum absolute atomic E-state index is 0.343. The molecule has 0 aliphatic carbocycles. The Hall–Kier alpha value is -2.41. The van der Waals surface area contributed by atoms with Gasteiger partial charge < -0.3 is 4.90 Å². The van der Waals surface area contributed by atoms with Crippen LogP contribution in [0.4, 0.5) is 10.6 Å². The number of fused-ring (bicyclic) bond motifs is 1. The van der Waals surface area contributed by atoms with Crippen LogP contribution in [-0.4, -0.2) is 35.2 Å². The largest absolute Gasteiger partial charge is 0.362 e. The van der Waals surface area contributed by atoms with Crippen LogP contribution in [0, 0.1) is 0 Å². The third-order valence-electron chi connectivity index (χ3n) is 3.00. The van der Waals surface area contributed by atoms with Gasteiger partial charge in [-0.2, -0.15) is 0 Å². The number of hydrogen-bond donors (Lipinski definition) is 1. The summed E-state index contributed by atoms with van der Waals surface area (Å²) in [5.74, 6) is 0.446. The Labute approximate surface area is 125 Å². The minimum Gasteiger partial charge on any atom is -0.362 e. The summed E-state index contributed by atoms with van der Waals surface area (Å²) in [5, 5.41) is 2.79. The summed E-state index contributed by atoms with van der Waals surface area (Å²) in [6.45, 7) is 0. The Balaban J connectivity index is 2.09. The zero-order valence-electron chi connectivity index (χ0n) is 11.5. The lowest BCUT2D eigenvalue weighted by atomic mass is 10.1. The Morgan fingerprint density at radius 3 is 2.71 bits per heavy atom. The molecule has 2 aromatic rings. The number of anilines is 1. The lowest BCUT2D eigenvalue weighted by molar-refractivity contribution is -0.115. The van der Waals surface area contributed by atoms with Crippen molar-refractivity contribution < 1.29 is 9.59 Å². The van der Waals surface area contributed by atoms with E-state index in [0.717, 1.165) is 34.0 Å². The van der Waals surface area contributed by atoms with Crippen molar-refractivity contribution in [2.24, 2.45) is 0 Å². The third kappa shape index (κ3) is 2.59. The van der Waals surface area contributed by atoms with Crippen molar-refractivity contribution in [3.8, 4) is 0 Å². The number of thioether (sulfide) groups is 1. The highest BCUT2D eigenvalue weighted by Gasteiger charge is 2.24. The molecule has 0 saturated carbocycles. The standard InChI is InChI=1S/C14H12N4O2S/c1-18(2)12-9-5-8(3-4-10(9)15-7-16-12)6-11-13(19)17-14(20)21-11/h3-7H,1-2H3,(H,17,19,20)/b11-6-. The fourth-order valence-electron chi connectivity index (χ4n) is 2.08. The lowest BCUT2D eigenvalue weighted by Crippen LogP contribution is -2.17. The van der Waals surface area contributed by atoms with E-state index in [1.807, 2.05) is 37.2 Å². The molecule has 0 spiro atoms. The number of carbonyl (C=O) groups is 2. The van der Waals surface area contributed by atoms with Gasteiger partial charge in [0.1, 0.15) is 12.1 Å². The summed E-state index contributed by atoms with van der Waals surface area (Å²) in [6.07, 6.45) is 3.21. The summed E-state index contributed by atoms with van der Waals surface area (Å²) in [7, 11) is 3.82. The van der Waals surface area contributed by atoms with Gasteiger partial charge in [0.2, 0.25) is 0 Å². The maximum Gasteiger partial charge on any atom is 0.290 e. The van der Waals surface area contributed by atoms with E-state index in [2.05, 4.69) is 15.3 Å². The van der Waals surface area contributed by atoms with Crippen molar-refractivity contribution in [1.29, 1.82) is 0 Å². The molecule has 1 aliphatic rings. The van der Waals surface area contributed by atoms with E-state index in [-0.39, 0.29) is 11.1 Å². The molecule has 6 nitrogen and oxygen atoms in total. The van der Waals surface area contributed by atoms with Crippen LogP contribution in [0.2, 0.25) is 0 Å². The molecule has 0 atom stereocenters. The Morgan fingerprint density at radius 2 is 2.05 bits per heavy atom. The topological polar surface area (TPSA) is 75.2 Å². The molecule has 1 N–H and O–H groups in total. The number of carbonyl (C=O) groups excluding carboxylic acids is 2. The number of amides is 2. The first-order valence-electron chi connectivity index (χ1n) is 6.21. The van der Waals surface area contributed by atoms with Gasteiger partial charge in [-0.05, 0) is 35.5 Å². The van der Waals surface area contributed by atoms with E-state index in [9.17, 15) is 9.59 Å². The highest BCUT2D eigenvalue weighted by molar-refractivity contribution is 8.18. The second-order valence-electron chi connectivity index (χ2n) is 4.72. The van der Waals surface area contributed by atoms with E-state index < -0.39 is 0 Å². The van der Waals surface area contributed by atoms with Gasteiger partial charge in [-0.15, -0.1) is 0 Å². The SMILES string of the molecule is CN(C)c1ncnc2ccc(/C=C3\SC(=O)NC3=O)cc12. The van der Waals surface area contributed by atoms with Gasteiger partial charge in [0, 0.05) is 19.5 Å². The molecule has 2 heterocycles. The predicted octanol–water partition coefficient (Wildman–Crippen LogP) is 2.02. The van der Waals surface area contributed by atoms with Gasteiger partial charge in [0.15, 0.2) is 0 Å². The molecule has 1 aromatic heterocycles. The molecule has 1 aliphatic heterocycles. The van der Waals surface area contributed by atoms with Crippen LogP contribution in [0.5, 0.6) is 0 Å². The zero-order chi connectivity index (χ0) is 15.0. The molecule has 0 radical (unpaired) electrons. The quantitative estimate of drug-likeness (QED) is 0.855. The van der Waals surface area contributed by atoms with Crippen molar-refractivity contribution in [3.05, 3.63) is 35.0 Å². The number of imide groups is 1. The van der Waals surface area contributed by atoms with Gasteiger partial charge in [-0.1, -0.05) is 6.07 Å². The van der Waals surface area contributed by atoms with E-state index in [1.165, 1.54) is 6.33 Å². The molecule has 1 fully saturated rings. The number of aromatic nitrogens is 2. The maximum atomic E-state index is 11.6. The minimum atomic E-state index is -0.359. The second kappa shape index (κ2) is 5.17. The molecule has 0 unspecified atom stereocenters. The summed E-state index contributed by atoms with van der Waals surface area (Å²) in [4.78, 5) is 33.5. The zero-order valence-corrected chi connectivity index (χ0v) is 12.3. The van der Waals surface area contributed by atoms with Gasteiger partial charge in [-0.3, -0.25) is 14.9 Å². The van der Waals surface area contributed by atoms with Crippen molar-refractivity contribution in [2.45, 2.75) is 0 Å². The molecular weight excluding hydrogens is 288 g/mol. The van der Waals surface area contributed by atoms with E-state index >= 15 is 0 Å². The van der Waals surface area contributed by atoms with Gasteiger partial charge in [0.25, 0.3) is 11.1 Å².